The standard InChI is InChI=1S/C18H17N3O2/c1-13-3-2-4-17(9-13)21-18(23)16(12-22)10-15(11-19)14-5-7-20-8-6-14/h2-12H,19H2,1H3,(H,21,23)/b15-11+,16-10+. The van der Waals surface area contributed by atoms with Crippen molar-refractivity contribution >= 4 is 23.5 Å². The summed E-state index contributed by atoms with van der Waals surface area (Å²) >= 11 is 0. The van der Waals surface area contributed by atoms with E-state index in [9.17, 15) is 9.59 Å². The van der Waals surface area contributed by atoms with Gasteiger partial charge in [0.25, 0.3) is 5.91 Å². The Kier molecular flexibility index (Phi) is 5.41. The summed E-state index contributed by atoms with van der Waals surface area (Å²) in [6.45, 7) is 1.92. The molecule has 0 aliphatic rings. The molecule has 3 N–H and O–H groups in total. The second-order valence-electron chi connectivity index (χ2n) is 4.90. The van der Waals surface area contributed by atoms with Crippen LogP contribution in [0.5, 0.6) is 0 Å². The van der Waals surface area contributed by atoms with Crippen molar-refractivity contribution in [1.82, 2.24) is 4.98 Å². The molecule has 2 aromatic rings. The summed E-state index contributed by atoms with van der Waals surface area (Å²) in [6, 6.07) is 10.8. The van der Waals surface area contributed by atoms with Crippen LogP contribution in [0.25, 0.3) is 5.57 Å². The minimum Gasteiger partial charge on any atom is -0.404 e. The molecule has 0 saturated carbocycles. The lowest BCUT2D eigenvalue weighted by atomic mass is 10.1. The quantitative estimate of drug-likeness (QED) is 0.292. The molecule has 23 heavy (non-hydrogen) atoms. The molecule has 1 aromatic heterocycles. The second kappa shape index (κ2) is 7.70. The molecule has 0 unspecified atom stereocenters. The molecule has 1 amide bonds. The number of aromatic nitrogens is 1. The number of hydrogen-bond donors (Lipinski definition) is 2. The Hall–Kier alpha value is -3.21. The van der Waals surface area contributed by atoms with Gasteiger partial charge in [-0.3, -0.25) is 14.6 Å². The number of carbonyl (C=O) groups is 2. The molecule has 0 saturated heterocycles. The smallest absolute Gasteiger partial charge is 0.258 e. The molecule has 0 spiro atoms. The van der Waals surface area contributed by atoms with E-state index in [0.717, 1.165) is 11.1 Å². The van der Waals surface area contributed by atoms with E-state index >= 15 is 0 Å². The van der Waals surface area contributed by atoms with Gasteiger partial charge in [-0.05, 0) is 54.0 Å². The number of anilines is 1. The first kappa shape index (κ1) is 16.2. The molecule has 116 valence electrons. The lowest BCUT2D eigenvalue weighted by molar-refractivity contribution is -0.115. The van der Waals surface area contributed by atoms with Gasteiger partial charge in [-0.15, -0.1) is 0 Å². The van der Waals surface area contributed by atoms with E-state index in [1.165, 1.54) is 12.3 Å². The Balaban J connectivity index is 2.24. The summed E-state index contributed by atoms with van der Waals surface area (Å²) in [5.74, 6) is -0.487. The highest BCUT2D eigenvalue weighted by Gasteiger charge is 2.10. The number of pyridine rings is 1. The fourth-order valence-electron chi connectivity index (χ4n) is 2.02. The van der Waals surface area contributed by atoms with Gasteiger partial charge in [-0.2, -0.15) is 0 Å². The molecular weight excluding hydrogens is 290 g/mol. The number of nitrogens with two attached hydrogens (primary N) is 1. The Morgan fingerprint density at radius 3 is 2.57 bits per heavy atom. The third-order valence-electron chi connectivity index (χ3n) is 3.17. The zero-order chi connectivity index (χ0) is 16.7. The molecule has 0 radical (unpaired) electrons. The van der Waals surface area contributed by atoms with Crippen LogP contribution in [0.3, 0.4) is 0 Å². The van der Waals surface area contributed by atoms with Crippen LogP contribution in [0.4, 0.5) is 5.69 Å². The molecule has 0 aliphatic heterocycles. The number of carbonyl (C=O) groups excluding carboxylic acids is 2. The molecule has 5 heteroatoms. The highest BCUT2D eigenvalue weighted by molar-refractivity contribution is 6.17. The van der Waals surface area contributed by atoms with Crippen LogP contribution in [0, 0.1) is 6.92 Å². The van der Waals surface area contributed by atoms with Crippen molar-refractivity contribution in [2.24, 2.45) is 5.73 Å². The van der Waals surface area contributed by atoms with Gasteiger partial charge in [0.2, 0.25) is 0 Å². The van der Waals surface area contributed by atoms with Crippen molar-refractivity contribution in [2.75, 3.05) is 5.32 Å². The first-order valence-electron chi connectivity index (χ1n) is 7.01. The average Bonchev–Trinajstić information content (AvgIpc) is 2.56. The van der Waals surface area contributed by atoms with Gasteiger partial charge in [0.15, 0.2) is 6.29 Å². The van der Waals surface area contributed by atoms with E-state index in [1.54, 1.807) is 30.6 Å². The third kappa shape index (κ3) is 4.38. The number of aryl methyl sites for hydroxylation is 1. The van der Waals surface area contributed by atoms with E-state index in [0.29, 0.717) is 17.5 Å². The number of amides is 1. The van der Waals surface area contributed by atoms with Crippen LogP contribution in [0.15, 0.2) is 66.6 Å². The molecular formula is C18H17N3O2. The average molecular weight is 307 g/mol. The number of nitrogens with zero attached hydrogens (tertiary/aromatic N) is 1. The summed E-state index contributed by atoms with van der Waals surface area (Å²) in [4.78, 5) is 27.4. The lowest BCUT2D eigenvalue weighted by Gasteiger charge is -2.07. The zero-order valence-corrected chi connectivity index (χ0v) is 12.7. The normalized spacial score (nSPS) is 11.9. The fourth-order valence-corrected chi connectivity index (χ4v) is 2.02. The van der Waals surface area contributed by atoms with Crippen LogP contribution in [0.1, 0.15) is 11.1 Å². The SMILES string of the molecule is Cc1cccc(NC(=O)/C(C=O)=C/C(=C\N)c2ccncc2)c1. The Bertz CT molecular complexity index is 765. The van der Waals surface area contributed by atoms with Crippen LogP contribution >= 0.6 is 0 Å². The van der Waals surface area contributed by atoms with E-state index in [2.05, 4.69) is 10.3 Å². The van der Waals surface area contributed by atoms with Gasteiger partial charge >= 0.3 is 0 Å². The van der Waals surface area contributed by atoms with Gasteiger partial charge < -0.3 is 11.1 Å². The summed E-state index contributed by atoms with van der Waals surface area (Å²) in [7, 11) is 0. The van der Waals surface area contributed by atoms with Gasteiger partial charge in [0.1, 0.15) is 0 Å². The number of aldehydes is 1. The fraction of sp³-hybridized carbons (Fsp3) is 0.0556. The first-order chi connectivity index (χ1) is 11.1. The van der Waals surface area contributed by atoms with Crippen LogP contribution in [0.2, 0.25) is 0 Å². The molecule has 0 aliphatic carbocycles. The number of allylic oxidation sites excluding steroid dienone is 2. The van der Waals surface area contributed by atoms with Crippen LogP contribution in [-0.2, 0) is 9.59 Å². The zero-order valence-electron chi connectivity index (χ0n) is 12.7. The number of rotatable bonds is 5. The van der Waals surface area contributed by atoms with Gasteiger partial charge in [0, 0.05) is 24.3 Å². The summed E-state index contributed by atoms with van der Waals surface area (Å²) in [5.41, 5.74) is 8.57. The maximum Gasteiger partial charge on any atom is 0.258 e. The van der Waals surface area contributed by atoms with Crippen molar-refractivity contribution in [3.8, 4) is 0 Å². The summed E-state index contributed by atoms with van der Waals surface area (Å²) in [5, 5.41) is 2.70. The largest absolute Gasteiger partial charge is 0.404 e. The Labute approximate surface area is 134 Å². The minimum atomic E-state index is -0.487. The monoisotopic (exact) mass is 307 g/mol. The van der Waals surface area contributed by atoms with Gasteiger partial charge in [0.05, 0.1) is 5.57 Å². The van der Waals surface area contributed by atoms with Crippen LogP contribution < -0.4 is 11.1 Å². The molecule has 1 heterocycles. The van der Waals surface area contributed by atoms with E-state index in [1.807, 2.05) is 25.1 Å². The predicted molar refractivity (Wildman–Crippen MR) is 90.4 cm³/mol. The maximum absolute atomic E-state index is 12.2. The maximum atomic E-state index is 12.2. The summed E-state index contributed by atoms with van der Waals surface area (Å²) < 4.78 is 0. The topological polar surface area (TPSA) is 85.1 Å². The van der Waals surface area contributed by atoms with Crippen molar-refractivity contribution in [3.05, 3.63) is 77.8 Å². The Morgan fingerprint density at radius 1 is 1.22 bits per heavy atom. The third-order valence-corrected chi connectivity index (χ3v) is 3.17. The predicted octanol–water partition coefficient (Wildman–Crippen LogP) is 2.45. The van der Waals surface area contributed by atoms with Crippen molar-refractivity contribution in [2.45, 2.75) is 6.92 Å². The highest BCUT2D eigenvalue weighted by atomic mass is 16.2. The number of benzene rings is 1. The second-order valence-corrected chi connectivity index (χ2v) is 4.90. The molecule has 2 rings (SSSR count). The van der Waals surface area contributed by atoms with Crippen molar-refractivity contribution in [1.29, 1.82) is 0 Å². The van der Waals surface area contributed by atoms with Crippen molar-refractivity contribution < 1.29 is 9.59 Å². The van der Waals surface area contributed by atoms with Crippen LogP contribution in [-0.4, -0.2) is 17.2 Å². The van der Waals surface area contributed by atoms with E-state index in [-0.39, 0.29) is 5.57 Å². The lowest BCUT2D eigenvalue weighted by Crippen LogP contribution is -2.15. The van der Waals surface area contributed by atoms with E-state index in [4.69, 9.17) is 5.73 Å². The number of hydrogen-bond acceptors (Lipinski definition) is 4. The number of nitrogens with one attached hydrogen (secondary N) is 1. The molecule has 5 nitrogen and oxygen atoms in total. The molecule has 1 aromatic carbocycles. The van der Waals surface area contributed by atoms with E-state index < -0.39 is 5.91 Å². The molecule has 0 bridgehead atoms. The Morgan fingerprint density at radius 2 is 1.96 bits per heavy atom. The van der Waals surface area contributed by atoms with Crippen molar-refractivity contribution in [3.63, 3.8) is 0 Å². The highest BCUT2D eigenvalue weighted by Crippen LogP contribution is 2.16. The first-order valence-corrected chi connectivity index (χ1v) is 7.01. The summed E-state index contributed by atoms with van der Waals surface area (Å²) in [6.07, 6.45) is 6.53. The molecule has 0 atom stereocenters. The van der Waals surface area contributed by atoms with Gasteiger partial charge in [-0.1, -0.05) is 12.1 Å². The van der Waals surface area contributed by atoms with Gasteiger partial charge in [-0.25, -0.2) is 0 Å². The molecule has 0 fully saturated rings. The minimum absolute atomic E-state index is 0.0139.